The van der Waals surface area contributed by atoms with Crippen molar-refractivity contribution in [2.45, 2.75) is 66.8 Å². The number of nitrogens with one attached hydrogen (secondary N) is 1. The third-order valence-electron chi connectivity index (χ3n) is 3.70. The molecule has 126 valence electrons. The Morgan fingerprint density at radius 1 is 1.24 bits per heavy atom. The van der Waals surface area contributed by atoms with Gasteiger partial charge in [-0.25, -0.2) is 0 Å². The Labute approximate surface area is 131 Å². The molecule has 0 aromatic carbocycles. The van der Waals surface area contributed by atoms with Gasteiger partial charge in [-0.2, -0.15) is 0 Å². The Bertz CT molecular complexity index is 290. The number of carbonyl (C=O) groups is 1. The number of nitrogens with zero attached hydrogens (tertiary/aromatic N) is 1. The van der Waals surface area contributed by atoms with E-state index in [9.17, 15) is 4.79 Å². The first-order valence-corrected chi connectivity index (χ1v) is 8.42. The van der Waals surface area contributed by atoms with Gasteiger partial charge in [-0.3, -0.25) is 9.69 Å². The van der Waals surface area contributed by atoms with E-state index in [4.69, 9.17) is 5.73 Å². The summed E-state index contributed by atoms with van der Waals surface area (Å²) in [6, 6.07) is 0.255. The summed E-state index contributed by atoms with van der Waals surface area (Å²) in [5, 5.41) is 3.12. The summed E-state index contributed by atoms with van der Waals surface area (Å²) in [7, 11) is 0. The molecular formula is C17H37N3O. The van der Waals surface area contributed by atoms with Crippen LogP contribution >= 0.6 is 0 Å². The molecule has 1 unspecified atom stereocenters. The Morgan fingerprint density at radius 3 is 2.33 bits per heavy atom. The van der Waals surface area contributed by atoms with Gasteiger partial charge in [-0.1, -0.05) is 34.6 Å². The summed E-state index contributed by atoms with van der Waals surface area (Å²) in [6.45, 7) is 15.9. The fourth-order valence-electron chi connectivity index (χ4n) is 2.38. The first-order valence-electron chi connectivity index (χ1n) is 8.42. The highest BCUT2D eigenvalue weighted by Gasteiger charge is 2.21. The van der Waals surface area contributed by atoms with Gasteiger partial charge < -0.3 is 11.1 Å². The molecule has 0 saturated heterocycles. The summed E-state index contributed by atoms with van der Waals surface area (Å²) in [4.78, 5) is 14.4. The highest BCUT2D eigenvalue weighted by molar-refractivity contribution is 5.78. The maximum atomic E-state index is 12.2. The standard InChI is InChI=1S/C17H37N3O/c1-7-10-20(13-17(5,6)12-18)11-16(21)19-15(4)9-8-14(2)3/h14-15H,7-13,18H2,1-6H3,(H,19,21). The summed E-state index contributed by atoms with van der Waals surface area (Å²) < 4.78 is 0. The third-order valence-corrected chi connectivity index (χ3v) is 3.70. The van der Waals surface area contributed by atoms with E-state index in [1.165, 1.54) is 0 Å². The fraction of sp³-hybridized carbons (Fsp3) is 0.941. The van der Waals surface area contributed by atoms with Crippen molar-refractivity contribution >= 4 is 5.91 Å². The van der Waals surface area contributed by atoms with Crippen LogP contribution in [0.25, 0.3) is 0 Å². The van der Waals surface area contributed by atoms with Crippen LogP contribution < -0.4 is 11.1 Å². The van der Waals surface area contributed by atoms with E-state index in [1.54, 1.807) is 0 Å². The van der Waals surface area contributed by atoms with Gasteiger partial charge in [0, 0.05) is 12.6 Å². The van der Waals surface area contributed by atoms with Crippen LogP contribution in [0.3, 0.4) is 0 Å². The van der Waals surface area contributed by atoms with Crippen LogP contribution in [0, 0.1) is 11.3 Å². The first-order chi connectivity index (χ1) is 9.70. The van der Waals surface area contributed by atoms with Gasteiger partial charge in [0.15, 0.2) is 0 Å². The highest BCUT2D eigenvalue weighted by Crippen LogP contribution is 2.15. The van der Waals surface area contributed by atoms with Crippen molar-refractivity contribution in [1.29, 1.82) is 0 Å². The second-order valence-corrected chi connectivity index (χ2v) is 7.52. The van der Waals surface area contributed by atoms with Crippen LogP contribution in [-0.2, 0) is 4.79 Å². The van der Waals surface area contributed by atoms with Crippen molar-refractivity contribution in [2.75, 3.05) is 26.2 Å². The Kier molecular flexibility index (Phi) is 9.88. The van der Waals surface area contributed by atoms with Crippen molar-refractivity contribution in [3.8, 4) is 0 Å². The molecule has 0 aromatic heterocycles. The number of amides is 1. The quantitative estimate of drug-likeness (QED) is 0.616. The molecule has 0 aliphatic carbocycles. The monoisotopic (exact) mass is 299 g/mol. The van der Waals surface area contributed by atoms with E-state index in [2.05, 4.69) is 51.8 Å². The zero-order valence-corrected chi connectivity index (χ0v) is 15.0. The number of hydrogen-bond acceptors (Lipinski definition) is 3. The summed E-state index contributed by atoms with van der Waals surface area (Å²) in [5.41, 5.74) is 5.86. The Morgan fingerprint density at radius 2 is 1.86 bits per heavy atom. The minimum atomic E-state index is 0.0543. The molecule has 1 atom stereocenters. The molecule has 3 N–H and O–H groups in total. The second-order valence-electron chi connectivity index (χ2n) is 7.52. The van der Waals surface area contributed by atoms with Crippen LogP contribution in [0.4, 0.5) is 0 Å². The van der Waals surface area contributed by atoms with E-state index < -0.39 is 0 Å². The van der Waals surface area contributed by atoms with Crippen LogP contribution in [0.15, 0.2) is 0 Å². The number of nitrogens with two attached hydrogens (primary N) is 1. The minimum absolute atomic E-state index is 0.0543. The van der Waals surface area contributed by atoms with Gasteiger partial charge >= 0.3 is 0 Å². The van der Waals surface area contributed by atoms with Crippen molar-refractivity contribution < 1.29 is 4.79 Å². The zero-order chi connectivity index (χ0) is 16.5. The van der Waals surface area contributed by atoms with Crippen molar-refractivity contribution in [3.05, 3.63) is 0 Å². The lowest BCUT2D eigenvalue weighted by molar-refractivity contribution is -0.123. The van der Waals surface area contributed by atoms with Gasteiger partial charge in [0.25, 0.3) is 0 Å². The molecule has 1 amide bonds. The molecule has 0 radical (unpaired) electrons. The molecule has 0 saturated carbocycles. The normalized spacial score (nSPS) is 13.8. The lowest BCUT2D eigenvalue weighted by atomic mass is 9.93. The molecule has 4 nitrogen and oxygen atoms in total. The van der Waals surface area contributed by atoms with Gasteiger partial charge in [0.05, 0.1) is 6.54 Å². The van der Waals surface area contributed by atoms with Gasteiger partial charge in [-0.15, -0.1) is 0 Å². The van der Waals surface area contributed by atoms with Gasteiger partial charge in [-0.05, 0) is 50.6 Å². The summed E-state index contributed by atoms with van der Waals surface area (Å²) in [6.07, 6.45) is 3.25. The lowest BCUT2D eigenvalue weighted by Crippen LogP contribution is -2.45. The largest absolute Gasteiger partial charge is 0.353 e. The van der Waals surface area contributed by atoms with Crippen molar-refractivity contribution in [1.82, 2.24) is 10.2 Å². The molecule has 0 spiro atoms. The molecule has 0 fully saturated rings. The number of hydrogen-bond donors (Lipinski definition) is 2. The van der Waals surface area contributed by atoms with Crippen LogP contribution in [-0.4, -0.2) is 43.0 Å². The Balaban J connectivity index is 4.28. The SMILES string of the molecule is CCCN(CC(=O)NC(C)CCC(C)C)CC(C)(C)CN. The van der Waals surface area contributed by atoms with Crippen LogP contribution in [0.5, 0.6) is 0 Å². The molecule has 0 aromatic rings. The van der Waals surface area contributed by atoms with Crippen molar-refractivity contribution in [2.24, 2.45) is 17.1 Å². The average Bonchev–Trinajstić information content (AvgIpc) is 2.36. The van der Waals surface area contributed by atoms with Gasteiger partial charge in [0.1, 0.15) is 0 Å². The van der Waals surface area contributed by atoms with E-state index in [-0.39, 0.29) is 17.4 Å². The second kappa shape index (κ2) is 10.2. The predicted octanol–water partition coefficient (Wildman–Crippen LogP) is 2.62. The molecular weight excluding hydrogens is 262 g/mol. The molecule has 0 rings (SSSR count). The average molecular weight is 300 g/mol. The lowest BCUT2D eigenvalue weighted by Gasteiger charge is -2.31. The smallest absolute Gasteiger partial charge is 0.234 e. The highest BCUT2D eigenvalue weighted by atomic mass is 16.2. The van der Waals surface area contributed by atoms with E-state index in [1.807, 2.05) is 0 Å². The maximum absolute atomic E-state index is 12.2. The molecule has 0 bridgehead atoms. The predicted molar refractivity (Wildman–Crippen MR) is 91.2 cm³/mol. The summed E-state index contributed by atoms with van der Waals surface area (Å²) in [5.74, 6) is 0.818. The molecule has 4 heteroatoms. The van der Waals surface area contributed by atoms with Crippen molar-refractivity contribution in [3.63, 3.8) is 0 Å². The topological polar surface area (TPSA) is 58.4 Å². The van der Waals surface area contributed by atoms with E-state index in [0.717, 1.165) is 32.4 Å². The molecule has 0 aliphatic rings. The van der Waals surface area contributed by atoms with Crippen LogP contribution in [0.2, 0.25) is 0 Å². The first kappa shape index (κ1) is 20.4. The molecule has 21 heavy (non-hydrogen) atoms. The molecule has 0 heterocycles. The summed E-state index contributed by atoms with van der Waals surface area (Å²) >= 11 is 0. The van der Waals surface area contributed by atoms with Crippen LogP contribution in [0.1, 0.15) is 60.8 Å². The zero-order valence-electron chi connectivity index (χ0n) is 15.0. The minimum Gasteiger partial charge on any atom is -0.353 e. The fourth-order valence-corrected chi connectivity index (χ4v) is 2.38. The van der Waals surface area contributed by atoms with E-state index in [0.29, 0.717) is 19.0 Å². The van der Waals surface area contributed by atoms with E-state index >= 15 is 0 Å². The molecule has 0 aliphatic heterocycles. The number of carbonyl (C=O) groups excluding carboxylic acids is 1. The number of rotatable bonds is 11. The Hall–Kier alpha value is -0.610. The maximum Gasteiger partial charge on any atom is 0.234 e. The third kappa shape index (κ3) is 10.7. The van der Waals surface area contributed by atoms with Gasteiger partial charge in [0.2, 0.25) is 5.91 Å².